The molecule has 88 valence electrons. The molecular weight excluding hydrogens is 192 g/mol. The van der Waals surface area contributed by atoms with Gasteiger partial charge >= 0.3 is 0 Å². The second kappa shape index (κ2) is 4.94. The lowest BCUT2D eigenvalue weighted by Gasteiger charge is -2.30. The molecule has 0 heterocycles. The predicted octanol–water partition coefficient (Wildman–Crippen LogP) is 0.391. The zero-order valence-corrected chi connectivity index (χ0v) is 9.62. The Bertz CT molecular complexity index is 223. The summed E-state index contributed by atoms with van der Waals surface area (Å²) >= 11 is 0. The Morgan fingerprint density at radius 1 is 1.47 bits per heavy atom. The molecule has 1 amide bonds. The van der Waals surface area contributed by atoms with Gasteiger partial charge in [0, 0.05) is 0 Å². The zero-order chi connectivity index (χ0) is 11.5. The number of hydrogen-bond acceptors (Lipinski definition) is 3. The van der Waals surface area contributed by atoms with Crippen LogP contribution < -0.4 is 11.1 Å². The third kappa shape index (κ3) is 2.92. The first-order valence-electron chi connectivity index (χ1n) is 5.69. The summed E-state index contributed by atoms with van der Waals surface area (Å²) in [6.07, 6.45) is 3.86. The van der Waals surface area contributed by atoms with E-state index in [2.05, 4.69) is 5.32 Å². The van der Waals surface area contributed by atoms with E-state index in [-0.39, 0.29) is 18.4 Å². The lowest BCUT2D eigenvalue weighted by molar-refractivity contribution is -0.125. The second-order valence-corrected chi connectivity index (χ2v) is 4.90. The fourth-order valence-corrected chi connectivity index (χ4v) is 2.02. The molecule has 1 atom stereocenters. The van der Waals surface area contributed by atoms with Crippen LogP contribution in [0.4, 0.5) is 0 Å². The molecule has 0 spiro atoms. The van der Waals surface area contributed by atoms with Gasteiger partial charge in [-0.2, -0.15) is 0 Å². The summed E-state index contributed by atoms with van der Waals surface area (Å²) < 4.78 is 0. The van der Waals surface area contributed by atoms with E-state index in [1.54, 1.807) is 0 Å². The van der Waals surface area contributed by atoms with E-state index in [0.717, 1.165) is 25.7 Å². The molecule has 1 rings (SSSR count). The highest BCUT2D eigenvalue weighted by atomic mass is 16.3. The number of rotatable bonds is 4. The largest absolute Gasteiger partial charge is 0.394 e. The maximum Gasteiger partial charge on any atom is 0.237 e. The highest BCUT2D eigenvalue weighted by Crippen LogP contribution is 2.29. The lowest BCUT2D eigenvalue weighted by atomic mass is 9.96. The molecule has 0 bridgehead atoms. The Morgan fingerprint density at radius 2 is 2.00 bits per heavy atom. The standard InChI is InChI=1S/C11H22N2O2/c1-8(2)9(12)10(15)13-11(7-14)5-3-4-6-11/h8-9,14H,3-7,12H2,1-2H3,(H,13,15)/t9-/m1/s1. The molecule has 0 saturated heterocycles. The molecule has 0 aromatic carbocycles. The molecule has 0 aromatic rings. The van der Waals surface area contributed by atoms with Gasteiger partial charge in [0.2, 0.25) is 5.91 Å². The summed E-state index contributed by atoms with van der Waals surface area (Å²) in [7, 11) is 0. The molecular formula is C11H22N2O2. The van der Waals surface area contributed by atoms with Gasteiger partial charge in [-0.05, 0) is 18.8 Å². The van der Waals surface area contributed by atoms with Gasteiger partial charge in [-0.3, -0.25) is 4.79 Å². The van der Waals surface area contributed by atoms with Crippen molar-refractivity contribution < 1.29 is 9.90 Å². The monoisotopic (exact) mass is 214 g/mol. The van der Waals surface area contributed by atoms with Gasteiger partial charge in [0.1, 0.15) is 0 Å². The average Bonchev–Trinajstić information content (AvgIpc) is 2.65. The number of aliphatic hydroxyl groups is 1. The molecule has 1 aliphatic carbocycles. The van der Waals surface area contributed by atoms with E-state index in [4.69, 9.17) is 5.73 Å². The van der Waals surface area contributed by atoms with Crippen LogP contribution in [0.15, 0.2) is 0 Å². The minimum atomic E-state index is -0.478. The Labute approximate surface area is 91.2 Å². The van der Waals surface area contributed by atoms with Crippen molar-refractivity contribution >= 4 is 5.91 Å². The number of carbonyl (C=O) groups is 1. The van der Waals surface area contributed by atoms with Crippen LogP contribution in [-0.2, 0) is 4.79 Å². The first-order chi connectivity index (χ1) is 7.01. The van der Waals surface area contributed by atoms with Gasteiger partial charge in [0.25, 0.3) is 0 Å². The van der Waals surface area contributed by atoms with Gasteiger partial charge in [-0.25, -0.2) is 0 Å². The summed E-state index contributed by atoms with van der Waals surface area (Å²) in [5.41, 5.74) is 5.36. The first-order valence-corrected chi connectivity index (χ1v) is 5.69. The third-order valence-corrected chi connectivity index (χ3v) is 3.27. The first kappa shape index (κ1) is 12.5. The highest BCUT2D eigenvalue weighted by Gasteiger charge is 2.36. The number of amides is 1. The molecule has 1 saturated carbocycles. The van der Waals surface area contributed by atoms with Gasteiger partial charge in [-0.1, -0.05) is 26.7 Å². The Balaban J connectivity index is 2.55. The molecule has 0 aliphatic heterocycles. The second-order valence-electron chi connectivity index (χ2n) is 4.90. The molecule has 0 unspecified atom stereocenters. The zero-order valence-electron chi connectivity index (χ0n) is 9.62. The van der Waals surface area contributed by atoms with E-state index in [1.165, 1.54) is 0 Å². The highest BCUT2D eigenvalue weighted by molar-refractivity contribution is 5.82. The van der Waals surface area contributed by atoms with Crippen molar-refractivity contribution in [2.45, 2.75) is 51.1 Å². The quantitative estimate of drug-likeness (QED) is 0.633. The topological polar surface area (TPSA) is 75.4 Å². The van der Waals surface area contributed by atoms with Crippen molar-refractivity contribution in [1.82, 2.24) is 5.32 Å². The van der Waals surface area contributed by atoms with Crippen LogP contribution in [-0.4, -0.2) is 29.2 Å². The number of nitrogens with one attached hydrogen (secondary N) is 1. The SMILES string of the molecule is CC(C)[C@@H](N)C(=O)NC1(CO)CCCC1. The Morgan fingerprint density at radius 3 is 2.40 bits per heavy atom. The molecule has 0 radical (unpaired) electrons. The van der Waals surface area contributed by atoms with Gasteiger partial charge in [0.15, 0.2) is 0 Å². The third-order valence-electron chi connectivity index (χ3n) is 3.27. The van der Waals surface area contributed by atoms with E-state index in [9.17, 15) is 9.90 Å². The Kier molecular flexibility index (Phi) is 4.11. The molecule has 1 aliphatic rings. The van der Waals surface area contributed by atoms with Crippen molar-refractivity contribution in [2.24, 2.45) is 11.7 Å². The van der Waals surface area contributed by atoms with Crippen molar-refractivity contribution in [3.63, 3.8) is 0 Å². The molecule has 0 aromatic heterocycles. The summed E-state index contributed by atoms with van der Waals surface area (Å²) in [4.78, 5) is 11.8. The van der Waals surface area contributed by atoms with Crippen molar-refractivity contribution in [2.75, 3.05) is 6.61 Å². The number of carbonyl (C=O) groups excluding carboxylic acids is 1. The summed E-state index contributed by atoms with van der Waals surface area (Å²) in [6.45, 7) is 3.86. The normalized spacial score (nSPS) is 21.7. The van der Waals surface area contributed by atoms with Crippen LogP contribution in [0.3, 0.4) is 0 Å². The summed E-state index contributed by atoms with van der Waals surface area (Å²) in [5, 5.41) is 12.2. The number of hydrogen-bond donors (Lipinski definition) is 3. The minimum Gasteiger partial charge on any atom is -0.394 e. The van der Waals surface area contributed by atoms with Gasteiger partial charge < -0.3 is 16.2 Å². The fraction of sp³-hybridized carbons (Fsp3) is 0.909. The van der Waals surface area contributed by atoms with E-state index in [1.807, 2.05) is 13.8 Å². The number of nitrogens with two attached hydrogens (primary N) is 1. The van der Waals surface area contributed by atoms with Gasteiger partial charge in [-0.15, -0.1) is 0 Å². The van der Waals surface area contributed by atoms with E-state index in [0.29, 0.717) is 0 Å². The van der Waals surface area contributed by atoms with Gasteiger partial charge in [0.05, 0.1) is 18.2 Å². The molecule has 4 heteroatoms. The molecule has 15 heavy (non-hydrogen) atoms. The molecule has 4 N–H and O–H groups in total. The van der Waals surface area contributed by atoms with Crippen LogP contribution in [0.5, 0.6) is 0 Å². The lowest BCUT2D eigenvalue weighted by Crippen LogP contribution is -2.55. The maximum absolute atomic E-state index is 11.8. The molecule has 4 nitrogen and oxygen atoms in total. The minimum absolute atomic E-state index is 0.0174. The summed E-state index contributed by atoms with van der Waals surface area (Å²) in [6, 6.07) is -0.478. The fourth-order valence-electron chi connectivity index (χ4n) is 2.02. The van der Waals surface area contributed by atoms with Crippen LogP contribution in [0.25, 0.3) is 0 Å². The van der Waals surface area contributed by atoms with Crippen molar-refractivity contribution in [1.29, 1.82) is 0 Å². The Hall–Kier alpha value is -0.610. The van der Waals surface area contributed by atoms with Crippen LogP contribution in [0, 0.1) is 5.92 Å². The summed E-state index contributed by atoms with van der Waals surface area (Å²) in [5.74, 6) is -0.0110. The van der Waals surface area contributed by atoms with Crippen LogP contribution in [0.1, 0.15) is 39.5 Å². The average molecular weight is 214 g/mol. The smallest absolute Gasteiger partial charge is 0.237 e. The van der Waals surface area contributed by atoms with Crippen LogP contribution >= 0.6 is 0 Å². The molecule has 1 fully saturated rings. The maximum atomic E-state index is 11.8. The van der Waals surface area contributed by atoms with E-state index < -0.39 is 11.6 Å². The van der Waals surface area contributed by atoms with Crippen molar-refractivity contribution in [3.8, 4) is 0 Å². The van der Waals surface area contributed by atoms with Crippen molar-refractivity contribution in [3.05, 3.63) is 0 Å². The van der Waals surface area contributed by atoms with E-state index >= 15 is 0 Å². The predicted molar refractivity (Wildman–Crippen MR) is 59.2 cm³/mol. The van der Waals surface area contributed by atoms with Crippen LogP contribution in [0.2, 0.25) is 0 Å². The number of aliphatic hydroxyl groups excluding tert-OH is 1.